The van der Waals surface area contributed by atoms with Crippen LogP contribution in [0.5, 0.6) is 0 Å². The van der Waals surface area contributed by atoms with E-state index in [1.165, 1.54) is 49.7 Å². The van der Waals surface area contributed by atoms with Gasteiger partial charge in [-0.3, -0.25) is 4.90 Å². The molecule has 3 atom stereocenters. The SMILES string of the molecule is CC(OCc1ccccc1)C1CCC([C@H]2CCCN2[C@H](CO)c2ccccc2)CC1. The van der Waals surface area contributed by atoms with Crippen LogP contribution < -0.4 is 0 Å². The highest BCUT2D eigenvalue weighted by molar-refractivity contribution is 5.20. The van der Waals surface area contributed by atoms with Crippen molar-refractivity contribution in [3.05, 3.63) is 71.8 Å². The number of likely N-dealkylation sites (tertiary alicyclic amines) is 1. The van der Waals surface area contributed by atoms with E-state index in [0.29, 0.717) is 24.7 Å². The van der Waals surface area contributed by atoms with Gasteiger partial charge in [0, 0.05) is 6.04 Å². The predicted octanol–water partition coefficient (Wildman–Crippen LogP) is 5.60. The minimum Gasteiger partial charge on any atom is -0.394 e. The Kier molecular flexibility index (Phi) is 7.59. The van der Waals surface area contributed by atoms with Crippen LogP contribution in [0.1, 0.15) is 62.6 Å². The molecule has 0 spiro atoms. The molecule has 1 N–H and O–H groups in total. The number of rotatable bonds is 8. The van der Waals surface area contributed by atoms with Crippen LogP contribution in [0.2, 0.25) is 0 Å². The molecule has 0 radical (unpaired) electrons. The molecule has 1 saturated heterocycles. The van der Waals surface area contributed by atoms with Gasteiger partial charge >= 0.3 is 0 Å². The molecule has 1 aliphatic carbocycles. The van der Waals surface area contributed by atoms with Crippen molar-refractivity contribution < 1.29 is 9.84 Å². The number of aliphatic hydroxyl groups is 1. The van der Waals surface area contributed by atoms with Gasteiger partial charge in [0.25, 0.3) is 0 Å². The first-order chi connectivity index (χ1) is 14.8. The monoisotopic (exact) mass is 407 g/mol. The smallest absolute Gasteiger partial charge is 0.0720 e. The van der Waals surface area contributed by atoms with Gasteiger partial charge < -0.3 is 9.84 Å². The first-order valence-corrected chi connectivity index (χ1v) is 11.8. The zero-order valence-corrected chi connectivity index (χ0v) is 18.3. The Morgan fingerprint density at radius 1 is 0.933 bits per heavy atom. The van der Waals surface area contributed by atoms with Crippen LogP contribution in [0.25, 0.3) is 0 Å². The Balaban J connectivity index is 1.30. The van der Waals surface area contributed by atoms with Gasteiger partial charge in [-0.15, -0.1) is 0 Å². The molecule has 3 heteroatoms. The van der Waals surface area contributed by atoms with Crippen LogP contribution in [-0.4, -0.2) is 35.3 Å². The number of ether oxygens (including phenoxy) is 1. The number of benzene rings is 2. The second-order valence-corrected chi connectivity index (χ2v) is 9.23. The van der Waals surface area contributed by atoms with Crippen LogP contribution in [0.15, 0.2) is 60.7 Å². The van der Waals surface area contributed by atoms with E-state index in [-0.39, 0.29) is 12.6 Å². The van der Waals surface area contributed by atoms with Crippen molar-refractivity contribution in [1.82, 2.24) is 4.90 Å². The Hall–Kier alpha value is -1.68. The number of hydrogen-bond acceptors (Lipinski definition) is 3. The standard InChI is InChI=1S/C27H37NO2/c1-21(30-20-22-9-4-2-5-10-22)23-14-16-25(17-15-23)26-13-8-18-28(26)27(19-29)24-11-6-3-7-12-24/h2-7,9-12,21,23,25-27,29H,8,13-20H2,1H3/t21?,23?,25?,26-,27-/m1/s1. The molecule has 162 valence electrons. The fourth-order valence-corrected chi connectivity index (χ4v) is 5.72. The summed E-state index contributed by atoms with van der Waals surface area (Å²) in [5.41, 5.74) is 2.51. The third-order valence-electron chi connectivity index (χ3n) is 7.48. The topological polar surface area (TPSA) is 32.7 Å². The summed E-state index contributed by atoms with van der Waals surface area (Å²) in [6, 6.07) is 21.8. The molecular weight excluding hydrogens is 370 g/mol. The molecular formula is C27H37NO2. The third kappa shape index (κ3) is 5.14. The molecule has 4 rings (SSSR count). The van der Waals surface area contributed by atoms with Gasteiger partial charge in [-0.1, -0.05) is 60.7 Å². The summed E-state index contributed by atoms with van der Waals surface area (Å²) in [5.74, 6) is 1.42. The van der Waals surface area contributed by atoms with Gasteiger partial charge in [0.15, 0.2) is 0 Å². The lowest BCUT2D eigenvalue weighted by Crippen LogP contribution is -2.41. The normalized spacial score (nSPS) is 27.1. The predicted molar refractivity (Wildman–Crippen MR) is 122 cm³/mol. The lowest BCUT2D eigenvalue weighted by atomic mass is 9.76. The summed E-state index contributed by atoms with van der Waals surface area (Å²) in [4.78, 5) is 2.61. The molecule has 1 unspecified atom stereocenters. The van der Waals surface area contributed by atoms with Crippen LogP contribution in [0.3, 0.4) is 0 Å². The minimum atomic E-state index is 0.143. The average Bonchev–Trinajstić information content (AvgIpc) is 3.29. The van der Waals surface area contributed by atoms with Crippen molar-refractivity contribution in [3.8, 4) is 0 Å². The van der Waals surface area contributed by atoms with Crippen LogP contribution in [0, 0.1) is 11.8 Å². The Labute approximate surface area is 182 Å². The lowest BCUT2D eigenvalue weighted by molar-refractivity contribution is -0.0106. The van der Waals surface area contributed by atoms with Gasteiger partial charge in [-0.05, 0) is 75.0 Å². The maximum Gasteiger partial charge on any atom is 0.0720 e. The first kappa shape index (κ1) is 21.5. The van der Waals surface area contributed by atoms with E-state index in [2.05, 4.69) is 72.5 Å². The first-order valence-electron chi connectivity index (χ1n) is 11.8. The van der Waals surface area contributed by atoms with E-state index < -0.39 is 0 Å². The largest absolute Gasteiger partial charge is 0.394 e. The summed E-state index contributed by atoms with van der Waals surface area (Å²) >= 11 is 0. The fourth-order valence-electron chi connectivity index (χ4n) is 5.72. The van der Waals surface area contributed by atoms with Gasteiger partial charge in [-0.25, -0.2) is 0 Å². The van der Waals surface area contributed by atoms with Gasteiger partial charge in [0.1, 0.15) is 0 Å². The van der Waals surface area contributed by atoms with Crippen molar-refractivity contribution in [2.45, 2.75) is 70.2 Å². The highest BCUT2D eigenvalue weighted by atomic mass is 16.5. The third-order valence-corrected chi connectivity index (χ3v) is 7.48. The maximum atomic E-state index is 10.2. The molecule has 2 aromatic rings. The summed E-state index contributed by atoms with van der Waals surface area (Å²) in [7, 11) is 0. The molecule has 30 heavy (non-hydrogen) atoms. The zero-order chi connectivity index (χ0) is 20.8. The van der Waals surface area contributed by atoms with E-state index in [9.17, 15) is 5.11 Å². The molecule has 1 aliphatic heterocycles. The fraction of sp³-hybridized carbons (Fsp3) is 0.556. The summed E-state index contributed by atoms with van der Waals surface area (Å²) < 4.78 is 6.22. The van der Waals surface area contributed by atoms with Gasteiger partial charge in [0.05, 0.1) is 25.4 Å². The summed E-state index contributed by atoms with van der Waals surface area (Å²) in [6.45, 7) is 4.29. The molecule has 3 nitrogen and oxygen atoms in total. The summed E-state index contributed by atoms with van der Waals surface area (Å²) in [6.07, 6.45) is 7.96. The Morgan fingerprint density at radius 2 is 1.60 bits per heavy atom. The molecule has 0 amide bonds. The van der Waals surface area contributed by atoms with Crippen LogP contribution in [-0.2, 0) is 11.3 Å². The van der Waals surface area contributed by atoms with Crippen molar-refractivity contribution in [1.29, 1.82) is 0 Å². The number of nitrogens with zero attached hydrogens (tertiary/aromatic N) is 1. The van der Waals surface area contributed by atoms with E-state index in [0.717, 1.165) is 12.5 Å². The molecule has 1 saturated carbocycles. The van der Waals surface area contributed by atoms with E-state index in [1.54, 1.807) is 0 Å². The molecule has 2 fully saturated rings. The molecule has 2 aliphatic rings. The van der Waals surface area contributed by atoms with E-state index in [4.69, 9.17) is 4.74 Å². The molecule has 0 bridgehead atoms. The highest BCUT2D eigenvalue weighted by Gasteiger charge is 2.38. The van der Waals surface area contributed by atoms with Crippen molar-refractivity contribution in [2.75, 3.05) is 13.2 Å². The lowest BCUT2D eigenvalue weighted by Gasteiger charge is -2.40. The second-order valence-electron chi connectivity index (χ2n) is 9.23. The Morgan fingerprint density at radius 3 is 2.27 bits per heavy atom. The minimum absolute atomic E-state index is 0.143. The van der Waals surface area contributed by atoms with Crippen LogP contribution >= 0.6 is 0 Å². The van der Waals surface area contributed by atoms with Crippen molar-refractivity contribution in [3.63, 3.8) is 0 Å². The maximum absolute atomic E-state index is 10.2. The second kappa shape index (κ2) is 10.6. The number of hydrogen-bond donors (Lipinski definition) is 1. The highest BCUT2D eigenvalue weighted by Crippen LogP contribution is 2.41. The average molecular weight is 408 g/mol. The van der Waals surface area contributed by atoms with Gasteiger partial charge in [0.2, 0.25) is 0 Å². The van der Waals surface area contributed by atoms with Crippen molar-refractivity contribution in [2.24, 2.45) is 11.8 Å². The van der Waals surface area contributed by atoms with Gasteiger partial charge in [-0.2, -0.15) is 0 Å². The van der Waals surface area contributed by atoms with Crippen LogP contribution in [0.4, 0.5) is 0 Å². The van der Waals surface area contributed by atoms with Crippen molar-refractivity contribution >= 4 is 0 Å². The zero-order valence-electron chi connectivity index (χ0n) is 18.3. The molecule has 1 heterocycles. The Bertz CT molecular complexity index is 742. The van der Waals surface area contributed by atoms with E-state index in [1.807, 2.05) is 0 Å². The quantitative estimate of drug-likeness (QED) is 0.618. The molecule has 2 aromatic carbocycles. The molecule has 0 aromatic heterocycles. The number of aliphatic hydroxyl groups excluding tert-OH is 1. The van der Waals surface area contributed by atoms with E-state index >= 15 is 0 Å². The summed E-state index contributed by atoms with van der Waals surface area (Å²) in [5, 5.41) is 10.2.